The summed E-state index contributed by atoms with van der Waals surface area (Å²) >= 11 is 0. The standard InChI is InChI=1S/C53H55N4O.Pt/c1-50(2,3)37-23-26-46-45(30-37)44-25-24-43(33-47(44)57(46)49-31-38(27-28-54-49)51(4,5)6)58-42-22-16-20-40(32-42)55-34-48(52(7,8)9)56(35-55)41-21-15-19-39(29-41)53(10,11)36-17-13-12-14-18-36;/h12-31,34-35H,1-11H3;/q-3;. The van der Waals surface area contributed by atoms with Crippen molar-refractivity contribution < 1.29 is 25.8 Å². The van der Waals surface area contributed by atoms with E-state index < -0.39 is 0 Å². The first kappa shape index (κ1) is 42.0. The van der Waals surface area contributed by atoms with Crippen molar-refractivity contribution in [3.05, 3.63) is 174 Å². The molecule has 7 aromatic rings. The molecule has 0 bridgehead atoms. The van der Waals surface area contributed by atoms with E-state index in [2.05, 4.69) is 213 Å². The van der Waals surface area contributed by atoms with Crippen LogP contribution >= 0.6 is 0 Å². The van der Waals surface area contributed by atoms with Gasteiger partial charge < -0.3 is 19.1 Å². The van der Waals surface area contributed by atoms with Crippen LogP contribution < -0.4 is 14.5 Å². The van der Waals surface area contributed by atoms with E-state index in [4.69, 9.17) is 9.72 Å². The van der Waals surface area contributed by atoms with Gasteiger partial charge in [-0.2, -0.15) is 12.1 Å². The number of ether oxygens (including phenoxy) is 1. The van der Waals surface area contributed by atoms with E-state index >= 15 is 0 Å². The summed E-state index contributed by atoms with van der Waals surface area (Å²) in [5.74, 6) is 2.09. The zero-order valence-corrected chi connectivity index (χ0v) is 38.5. The SMILES string of the molecule is CC(C)(C)C1=CN(c2[c-]c(Oc3[c-]c4c(cc3)c3cc(C(C)(C)C)ccc3n4-c3cc(C(C)(C)C)ccn3)ccc2)[CH-]N1c1cccc(C(C)(C)c2ccccc2)c1.[Pt]. The number of pyridine rings is 1. The molecule has 3 heterocycles. The van der Waals surface area contributed by atoms with E-state index in [-0.39, 0.29) is 42.7 Å². The molecule has 0 N–H and O–H groups in total. The molecule has 0 amide bonds. The number of fused-ring (bicyclic) bond motifs is 3. The van der Waals surface area contributed by atoms with Crippen LogP contribution in [-0.4, -0.2) is 9.55 Å². The number of hydrogen-bond acceptors (Lipinski definition) is 4. The molecule has 8 rings (SSSR count). The average Bonchev–Trinajstić information content (AvgIpc) is 3.78. The smallest absolute Gasteiger partial charge is 0.135 e. The first-order valence-corrected chi connectivity index (χ1v) is 20.4. The van der Waals surface area contributed by atoms with Crippen LogP contribution in [0.15, 0.2) is 133 Å². The Kier molecular flexibility index (Phi) is 11.0. The van der Waals surface area contributed by atoms with Crippen molar-refractivity contribution in [1.82, 2.24) is 9.55 Å². The summed E-state index contributed by atoms with van der Waals surface area (Å²) in [6.07, 6.45) is 4.13. The van der Waals surface area contributed by atoms with Gasteiger partial charge in [0.25, 0.3) is 0 Å². The summed E-state index contributed by atoms with van der Waals surface area (Å²) in [5.41, 5.74) is 9.97. The maximum atomic E-state index is 6.61. The summed E-state index contributed by atoms with van der Waals surface area (Å²) in [6.45, 7) is 27.0. The van der Waals surface area contributed by atoms with Crippen molar-refractivity contribution in [2.75, 3.05) is 9.80 Å². The van der Waals surface area contributed by atoms with E-state index in [1.807, 2.05) is 24.4 Å². The summed E-state index contributed by atoms with van der Waals surface area (Å²) in [4.78, 5) is 9.35. The predicted molar refractivity (Wildman–Crippen MR) is 242 cm³/mol. The van der Waals surface area contributed by atoms with Crippen LogP contribution in [0, 0.1) is 24.2 Å². The second kappa shape index (κ2) is 15.5. The second-order valence-electron chi connectivity index (χ2n) is 19.3. The summed E-state index contributed by atoms with van der Waals surface area (Å²) < 4.78 is 8.83. The third kappa shape index (κ3) is 8.24. The monoisotopic (exact) mass is 958 g/mol. The zero-order chi connectivity index (χ0) is 41.2. The second-order valence-corrected chi connectivity index (χ2v) is 19.3. The molecule has 59 heavy (non-hydrogen) atoms. The molecule has 6 heteroatoms. The fraction of sp³-hybridized carbons (Fsp3) is 0.283. The van der Waals surface area contributed by atoms with Crippen molar-refractivity contribution in [2.24, 2.45) is 5.41 Å². The van der Waals surface area contributed by atoms with E-state index in [1.54, 1.807) is 0 Å². The molecule has 2 aromatic heterocycles. The van der Waals surface area contributed by atoms with Gasteiger partial charge in [-0.3, -0.25) is 0 Å². The molecule has 0 atom stereocenters. The maximum Gasteiger partial charge on any atom is 0.135 e. The van der Waals surface area contributed by atoms with Crippen LogP contribution in [0.25, 0.3) is 27.6 Å². The molecule has 0 saturated carbocycles. The van der Waals surface area contributed by atoms with E-state index in [9.17, 15) is 0 Å². The van der Waals surface area contributed by atoms with Crippen LogP contribution in [-0.2, 0) is 37.3 Å². The van der Waals surface area contributed by atoms with Gasteiger partial charge in [-0.25, -0.2) is 4.98 Å². The Morgan fingerprint density at radius 3 is 1.97 bits per heavy atom. The minimum absolute atomic E-state index is 0. The molecule has 0 fully saturated rings. The Morgan fingerprint density at radius 1 is 0.576 bits per heavy atom. The van der Waals surface area contributed by atoms with Gasteiger partial charge in [-0.05, 0) is 75.0 Å². The molecule has 306 valence electrons. The van der Waals surface area contributed by atoms with Crippen LogP contribution in [0.3, 0.4) is 0 Å². The number of aromatic nitrogens is 2. The molecule has 0 aliphatic carbocycles. The summed E-state index contributed by atoms with van der Waals surface area (Å²) in [5, 5.41) is 2.28. The van der Waals surface area contributed by atoms with Gasteiger partial charge in [0.1, 0.15) is 5.82 Å². The molecule has 5 aromatic carbocycles. The van der Waals surface area contributed by atoms with Gasteiger partial charge in [0.05, 0.1) is 0 Å². The van der Waals surface area contributed by atoms with E-state index in [1.165, 1.54) is 33.3 Å². The number of benzene rings is 5. The molecular weight excluding hydrogens is 904 g/mol. The molecule has 0 radical (unpaired) electrons. The topological polar surface area (TPSA) is 33.5 Å². The van der Waals surface area contributed by atoms with E-state index in [0.717, 1.165) is 33.6 Å². The molecular formula is C53H55N4OPt-3. The molecule has 0 unspecified atom stereocenters. The third-order valence-corrected chi connectivity index (χ3v) is 11.5. The first-order chi connectivity index (χ1) is 27.4. The number of nitrogens with zero attached hydrogens (tertiary/aromatic N) is 4. The van der Waals surface area contributed by atoms with Crippen molar-refractivity contribution in [3.8, 4) is 17.3 Å². The number of allylic oxidation sites excluding steroid dienone is 1. The Morgan fingerprint density at radius 2 is 1.25 bits per heavy atom. The van der Waals surface area contributed by atoms with E-state index in [0.29, 0.717) is 11.5 Å². The Labute approximate surface area is 366 Å². The zero-order valence-electron chi connectivity index (χ0n) is 36.2. The van der Waals surface area contributed by atoms with Crippen molar-refractivity contribution in [2.45, 2.75) is 92.4 Å². The van der Waals surface area contributed by atoms with Gasteiger partial charge in [-0.1, -0.05) is 136 Å². The van der Waals surface area contributed by atoms with Gasteiger partial charge in [-0.15, -0.1) is 48.1 Å². The summed E-state index contributed by atoms with van der Waals surface area (Å²) in [6, 6.07) is 48.2. The predicted octanol–water partition coefficient (Wildman–Crippen LogP) is 13.8. The van der Waals surface area contributed by atoms with Gasteiger partial charge in [0.15, 0.2) is 0 Å². The van der Waals surface area contributed by atoms with Gasteiger partial charge in [0, 0.05) is 66.5 Å². The third-order valence-electron chi connectivity index (χ3n) is 11.5. The number of hydrogen-bond donors (Lipinski definition) is 0. The maximum absolute atomic E-state index is 6.61. The fourth-order valence-electron chi connectivity index (χ4n) is 7.83. The van der Waals surface area contributed by atoms with Crippen LogP contribution in [0.4, 0.5) is 11.4 Å². The Hall–Kier alpha value is -5.12. The average molecular weight is 959 g/mol. The van der Waals surface area contributed by atoms with Crippen LogP contribution in [0.1, 0.15) is 98.4 Å². The molecule has 1 aliphatic heterocycles. The fourth-order valence-corrected chi connectivity index (χ4v) is 7.83. The molecule has 5 nitrogen and oxygen atoms in total. The number of anilines is 2. The van der Waals surface area contributed by atoms with Crippen molar-refractivity contribution >= 4 is 33.2 Å². The normalized spacial score (nSPS) is 13.8. The quantitative estimate of drug-likeness (QED) is 0.149. The van der Waals surface area contributed by atoms with Crippen molar-refractivity contribution in [3.63, 3.8) is 0 Å². The minimum Gasteiger partial charge on any atom is -0.509 e. The Balaban J connectivity index is 0.00000528. The minimum atomic E-state index is -0.154. The van der Waals surface area contributed by atoms with Crippen LogP contribution in [0.5, 0.6) is 11.5 Å². The summed E-state index contributed by atoms with van der Waals surface area (Å²) in [7, 11) is 0. The van der Waals surface area contributed by atoms with Crippen molar-refractivity contribution in [1.29, 1.82) is 0 Å². The van der Waals surface area contributed by atoms with Gasteiger partial charge >= 0.3 is 0 Å². The first-order valence-electron chi connectivity index (χ1n) is 20.4. The molecule has 1 aliphatic rings. The van der Waals surface area contributed by atoms with Crippen LogP contribution in [0.2, 0.25) is 0 Å². The molecule has 0 spiro atoms. The number of rotatable bonds is 7. The molecule has 0 saturated heterocycles. The largest absolute Gasteiger partial charge is 0.509 e. The Bertz CT molecular complexity index is 2670. The van der Waals surface area contributed by atoms with Gasteiger partial charge in [0.2, 0.25) is 0 Å².